The zero-order chi connectivity index (χ0) is 10.6. The molecule has 1 aliphatic carbocycles. The molecule has 2 N–H and O–H groups in total. The molecule has 0 radical (unpaired) electrons. The SMILES string of the molecule is CC1c2cc(Br)c(O)cc2C2CNCC12. The van der Waals surface area contributed by atoms with Crippen molar-refractivity contribution in [1.82, 2.24) is 5.32 Å². The summed E-state index contributed by atoms with van der Waals surface area (Å²) >= 11 is 3.39. The van der Waals surface area contributed by atoms with Crippen LogP contribution in [0, 0.1) is 5.92 Å². The number of halogens is 1. The van der Waals surface area contributed by atoms with Crippen LogP contribution in [0.2, 0.25) is 0 Å². The van der Waals surface area contributed by atoms with Crippen LogP contribution in [0.15, 0.2) is 16.6 Å². The summed E-state index contributed by atoms with van der Waals surface area (Å²) in [7, 11) is 0. The van der Waals surface area contributed by atoms with Crippen molar-refractivity contribution in [2.75, 3.05) is 13.1 Å². The van der Waals surface area contributed by atoms with Crippen LogP contribution in [0.25, 0.3) is 0 Å². The van der Waals surface area contributed by atoms with Crippen LogP contribution in [0.5, 0.6) is 5.75 Å². The normalized spacial score (nSPS) is 32.8. The van der Waals surface area contributed by atoms with Crippen molar-refractivity contribution in [3.63, 3.8) is 0 Å². The minimum Gasteiger partial charge on any atom is -0.507 e. The van der Waals surface area contributed by atoms with Crippen molar-refractivity contribution >= 4 is 15.9 Å². The average molecular weight is 268 g/mol. The Morgan fingerprint density at radius 3 is 2.93 bits per heavy atom. The molecule has 1 aromatic carbocycles. The molecule has 1 saturated heterocycles. The Bertz CT molecular complexity index is 418. The van der Waals surface area contributed by atoms with Gasteiger partial charge in [0, 0.05) is 12.5 Å². The summed E-state index contributed by atoms with van der Waals surface area (Å²) in [5, 5.41) is 13.2. The number of phenolic OH excluding ortho intramolecular Hbond substituents is 1. The van der Waals surface area contributed by atoms with Crippen LogP contribution in [0.4, 0.5) is 0 Å². The quantitative estimate of drug-likeness (QED) is 0.758. The lowest BCUT2D eigenvalue weighted by Crippen LogP contribution is -2.12. The molecular formula is C12H14BrNO. The van der Waals surface area contributed by atoms with Crippen molar-refractivity contribution in [1.29, 1.82) is 0 Å². The summed E-state index contributed by atoms with van der Waals surface area (Å²) in [6, 6.07) is 4.03. The molecule has 1 aromatic rings. The molecule has 3 heteroatoms. The topological polar surface area (TPSA) is 32.3 Å². The molecular weight excluding hydrogens is 254 g/mol. The van der Waals surface area contributed by atoms with Gasteiger partial charge in [0.2, 0.25) is 0 Å². The second kappa shape index (κ2) is 3.22. The van der Waals surface area contributed by atoms with Crippen molar-refractivity contribution in [2.45, 2.75) is 18.8 Å². The third-order valence-corrected chi connectivity index (χ3v) is 4.58. The third-order valence-electron chi connectivity index (χ3n) is 3.95. The number of hydrogen-bond donors (Lipinski definition) is 2. The summed E-state index contributed by atoms with van der Waals surface area (Å²) in [6.45, 7) is 4.46. The van der Waals surface area contributed by atoms with E-state index in [2.05, 4.69) is 34.2 Å². The number of nitrogens with one attached hydrogen (secondary N) is 1. The number of benzene rings is 1. The van der Waals surface area contributed by atoms with E-state index in [1.54, 1.807) is 0 Å². The van der Waals surface area contributed by atoms with Crippen LogP contribution in [0.1, 0.15) is 29.9 Å². The number of fused-ring (bicyclic) bond motifs is 3. The highest BCUT2D eigenvalue weighted by atomic mass is 79.9. The van der Waals surface area contributed by atoms with E-state index < -0.39 is 0 Å². The van der Waals surface area contributed by atoms with Gasteiger partial charge in [0.1, 0.15) is 5.75 Å². The Balaban J connectivity index is 2.15. The second-order valence-corrected chi connectivity index (χ2v) is 5.50. The van der Waals surface area contributed by atoms with Gasteiger partial charge in [-0.15, -0.1) is 0 Å². The molecule has 2 nitrogen and oxygen atoms in total. The molecule has 80 valence electrons. The summed E-state index contributed by atoms with van der Waals surface area (Å²) in [5.41, 5.74) is 2.76. The molecule has 1 aliphatic heterocycles. The zero-order valence-corrected chi connectivity index (χ0v) is 10.2. The van der Waals surface area contributed by atoms with Crippen LogP contribution in [-0.4, -0.2) is 18.2 Å². The van der Waals surface area contributed by atoms with Crippen LogP contribution in [-0.2, 0) is 0 Å². The maximum absolute atomic E-state index is 9.72. The fourth-order valence-corrected chi connectivity index (χ4v) is 3.47. The first-order valence-electron chi connectivity index (χ1n) is 5.41. The lowest BCUT2D eigenvalue weighted by Gasteiger charge is -2.12. The van der Waals surface area contributed by atoms with E-state index >= 15 is 0 Å². The van der Waals surface area contributed by atoms with E-state index in [1.165, 1.54) is 11.1 Å². The van der Waals surface area contributed by atoms with Crippen molar-refractivity contribution in [3.05, 3.63) is 27.7 Å². The van der Waals surface area contributed by atoms with Gasteiger partial charge in [-0.1, -0.05) is 6.92 Å². The smallest absolute Gasteiger partial charge is 0.130 e. The third kappa shape index (κ3) is 1.26. The maximum Gasteiger partial charge on any atom is 0.130 e. The highest BCUT2D eigenvalue weighted by Gasteiger charge is 2.41. The first kappa shape index (κ1) is 9.67. The standard InChI is InChI=1S/C12H14BrNO/c1-6-7-2-11(13)12(15)3-8(7)10-5-14-4-9(6)10/h2-3,6,9-10,14-15H,4-5H2,1H3. The monoisotopic (exact) mass is 267 g/mol. The summed E-state index contributed by atoms with van der Waals surface area (Å²) in [4.78, 5) is 0. The van der Waals surface area contributed by atoms with Crippen molar-refractivity contribution in [3.8, 4) is 5.75 Å². The van der Waals surface area contributed by atoms with Gasteiger partial charge in [0.15, 0.2) is 0 Å². The van der Waals surface area contributed by atoms with Gasteiger partial charge in [-0.3, -0.25) is 0 Å². The fraction of sp³-hybridized carbons (Fsp3) is 0.500. The Morgan fingerprint density at radius 2 is 2.13 bits per heavy atom. The number of rotatable bonds is 0. The van der Waals surface area contributed by atoms with E-state index in [4.69, 9.17) is 0 Å². The van der Waals surface area contributed by atoms with Gasteiger partial charge < -0.3 is 10.4 Å². The molecule has 2 aliphatic rings. The largest absolute Gasteiger partial charge is 0.507 e. The molecule has 3 rings (SSSR count). The summed E-state index contributed by atoms with van der Waals surface area (Å²) in [6.07, 6.45) is 0. The number of phenols is 1. The molecule has 0 aromatic heterocycles. The Hall–Kier alpha value is -0.540. The average Bonchev–Trinajstić information content (AvgIpc) is 2.75. The minimum absolute atomic E-state index is 0.369. The highest BCUT2D eigenvalue weighted by molar-refractivity contribution is 9.10. The van der Waals surface area contributed by atoms with E-state index in [1.807, 2.05) is 6.07 Å². The lowest BCUT2D eigenvalue weighted by atomic mass is 9.91. The second-order valence-electron chi connectivity index (χ2n) is 4.65. The molecule has 3 atom stereocenters. The van der Waals surface area contributed by atoms with Crippen molar-refractivity contribution < 1.29 is 5.11 Å². The predicted octanol–water partition coefficient (Wildman–Crippen LogP) is 2.57. The van der Waals surface area contributed by atoms with Gasteiger partial charge in [0.05, 0.1) is 4.47 Å². The number of hydrogen-bond acceptors (Lipinski definition) is 2. The van der Waals surface area contributed by atoms with Gasteiger partial charge in [-0.25, -0.2) is 0 Å². The van der Waals surface area contributed by atoms with Crippen LogP contribution < -0.4 is 5.32 Å². The molecule has 1 heterocycles. The predicted molar refractivity (Wildman–Crippen MR) is 63.3 cm³/mol. The summed E-state index contributed by atoms with van der Waals surface area (Å²) in [5.74, 6) is 2.30. The molecule has 3 unspecified atom stereocenters. The molecule has 15 heavy (non-hydrogen) atoms. The van der Waals surface area contributed by atoms with E-state index in [0.717, 1.165) is 17.6 Å². The van der Waals surface area contributed by atoms with E-state index in [-0.39, 0.29) is 0 Å². The van der Waals surface area contributed by atoms with Crippen LogP contribution in [0.3, 0.4) is 0 Å². The molecule has 1 fully saturated rings. The van der Waals surface area contributed by atoms with Crippen molar-refractivity contribution in [2.24, 2.45) is 5.92 Å². The van der Waals surface area contributed by atoms with E-state index in [9.17, 15) is 5.11 Å². The molecule has 0 spiro atoms. The first-order chi connectivity index (χ1) is 7.18. The first-order valence-corrected chi connectivity index (χ1v) is 6.21. The minimum atomic E-state index is 0.369. The maximum atomic E-state index is 9.72. The zero-order valence-electron chi connectivity index (χ0n) is 8.63. The fourth-order valence-electron chi connectivity index (χ4n) is 3.10. The Labute approximate surface area is 97.8 Å². The van der Waals surface area contributed by atoms with Gasteiger partial charge in [-0.05, 0) is 57.6 Å². The molecule has 0 saturated carbocycles. The lowest BCUT2D eigenvalue weighted by molar-refractivity contribution is 0.470. The molecule has 0 amide bonds. The molecule has 0 bridgehead atoms. The Kier molecular flexibility index (Phi) is 2.08. The Morgan fingerprint density at radius 1 is 1.33 bits per heavy atom. The summed E-state index contributed by atoms with van der Waals surface area (Å²) < 4.78 is 0.820. The van der Waals surface area contributed by atoms with E-state index in [0.29, 0.717) is 23.5 Å². The van der Waals surface area contributed by atoms with Gasteiger partial charge in [-0.2, -0.15) is 0 Å². The highest BCUT2D eigenvalue weighted by Crippen LogP contribution is 2.50. The number of aromatic hydroxyl groups is 1. The van der Waals surface area contributed by atoms with Gasteiger partial charge >= 0.3 is 0 Å². The van der Waals surface area contributed by atoms with Crippen LogP contribution >= 0.6 is 15.9 Å². The van der Waals surface area contributed by atoms with Gasteiger partial charge in [0.25, 0.3) is 0 Å².